The van der Waals surface area contributed by atoms with Crippen molar-refractivity contribution in [2.75, 3.05) is 13.1 Å². The van der Waals surface area contributed by atoms with Crippen molar-refractivity contribution in [1.29, 1.82) is 0 Å². The first kappa shape index (κ1) is 18.7. The molecule has 7 heteroatoms. The molecule has 0 amide bonds. The number of hydrogen-bond acceptors (Lipinski definition) is 4. The molecule has 1 saturated heterocycles. The van der Waals surface area contributed by atoms with E-state index in [9.17, 15) is 20.0 Å². The third-order valence-corrected chi connectivity index (χ3v) is 5.42. The van der Waals surface area contributed by atoms with Crippen molar-refractivity contribution in [3.63, 3.8) is 0 Å². The summed E-state index contributed by atoms with van der Waals surface area (Å²) in [5.41, 5.74) is 1.00. The summed E-state index contributed by atoms with van der Waals surface area (Å²) in [4.78, 5) is 24.2. The Morgan fingerprint density at radius 2 is 1.88 bits per heavy atom. The molecule has 1 aliphatic heterocycles. The number of hydrogen-bond donors (Lipinski definition) is 1. The van der Waals surface area contributed by atoms with Gasteiger partial charge in [0.1, 0.15) is 0 Å². The number of benzene rings is 1. The van der Waals surface area contributed by atoms with E-state index in [1.54, 1.807) is 12.1 Å². The number of carboxylic acids is 1. The van der Waals surface area contributed by atoms with Crippen molar-refractivity contribution in [3.8, 4) is 0 Å². The Hall–Kier alpha value is -1.66. The van der Waals surface area contributed by atoms with Gasteiger partial charge in [0, 0.05) is 31.8 Å². The van der Waals surface area contributed by atoms with E-state index < -0.39 is 10.9 Å². The van der Waals surface area contributed by atoms with Gasteiger partial charge in [-0.1, -0.05) is 31.4 Å². The molecule has 1 N–H and O–H groups in total. The highest BCUT2D eigenvalue weighted by atomic mass is 35.5. The van der Waals surface area contributed by atoms with Gasteiger partial charge >= 0.3 is 5.97 Å². The number of rotatable bonds is 4. The molecule has 1 aliphatic carbocycles. The lowest BCUT2D eigenvalue weighted by atomic mass is 9.68. The molecular weight excluding hydrogens is 332 g/mol. The zero-order valence-electron chi connectivity index (χ0n) is 13.5. The van der Waals surface area contributed by atoms with Crippen molar-refractivity contribution in [1.82, 2.24) is 4.90 Å². The monoisotopic (exact) mass is 354 g/mol. The number of nitrogens with zero attached hydrogens (tertiary/aromatic N) is 2. The van der Waals surface area contributed by atoms with E-state index in [1.165, 1.54) is 18.6 Å². The number of nitro benzene ring substituents is 1. The van der Waals surface area contributed by atoms with E-state index in [0.717, 1.165) is 37.8 Å². The number of carbonyl (C=O) groups is 1. The second kappa shape index (κ2) is 7.49. The molecule has 0 radical (unpaired) electrons. The van der Waals surface area contributed by atoms with Gasteiger partial charge in [-0.25, -0.2) is 0 Å². The molecule has 0 bridgehead atoms. The Labute approximate surface area is 147 Å². The zero-order valence-corrected chi connectivity index (χ0v) is 14.3. The van der Waals surface area contributed by atoms with Gasteiger partial charge in [-0.2, -0.15) is 0 Å². The molecule has 1 aromatic carbocycles. The predicted molar refractivity (Wildman–Crippen MR) is 92.3 cm³/mol. The second-order valence-electron chi connectivity index (χ2n) is 6.91. The number of likely N-dealkylation sites (tertiary alicyclic amines) is 1. The van der Waals surface area contributed by atoms with Crippen molar-refractivity contribution in [2.24, 2.45) is 11.3 Å². The molecule has 2 fully saturated rings. The highest BCUT2D eigenvalue weighted by Gasteiger charge is 2.50. The minimum absolute atomic E-state index is 0. The maximum Gasteiger partial charge on any atom is 0.308 e. The molecule has 24 heavy (non-hydrogen) atoms. The first-order chi connectivity index (χ1) is 11.0. The largest absolute Gasteiger partial charge is 0.481 e. The van der Waals surface area contributed by atoms with Gasteiger partial charge in [-0.3, -0.25) is 19.8 Å². The molecule has 2 aliphatic rings. The molecule has 1 saturated carbocycles. The average molecular weight is 355 g/mol. The quantitative estimate of drug-likeness (QED) is 0.661. The fraction of sp³-hybridized carbons (Fsp3) is 0.588. The maximum absolute atomic E-state index is 11.7. The van der Waals surface area contributed by atoms with E-state index >= 15 is 0 Å². The lowest BCUT2D eigenvalue weighted by Gasteiger charge is -2.36. The fourth-order valence-corrected chi connectivity index (χ4v) is 4.28. The first-order valence-electron chi connectivity index (χ1n) is 8.19. The SMILES string of the molecule is Cl.O=C(O)C1CN(Cc2ccc([N+](=O)[O-])cc2)CC12CCCCC2. The van der Waals surface area contributed by atoms with Crippen molar-refractivity contribution >= 4 is 24.1 Å². The van der Waals surface area contributed by atoms with Crippen LogP contribution in [0.5, 0.6) is 0 Å². The molecule has 3 rings (SSSR count). The summed E-state index contributed by atoms with van der Waals surface area (Å²) >= 11 is 0. The Morgan fingerprint density at radius 1 is 1.25 bits per heavy atom. The summed E-state index contributed by atoms with van der Waals surface area (Å²) in [6.07, 6.45) is 5.45. The Morgan fingerprint density at radius 3 is 2.42 bits per heavy atom. The van der Waals surface area contributed by atoms with Gasteiger partial charge < -0.3 is 5.11 Å². The van der Waals surface area contributed by atoms with Gasteiger partial charge in [-0.15, -0.1) is 12.4 Å². The van der Waals surface area contributed by atoms with Crippen LogP contribution in [0, 0.1) is 21.4 Å². The van der Waals surface area contributed by atoms with E-state index in [2.05, 4.69) is 4.90 Å². The summed E-state index contributed by atoms with van der Waals surface area (Å²) in [5, 5.41) is 20.3. The van der Waals surface area contributed by atoms with Crippen molar-refractivity contribution in [2.45, 2.75) is 38.6 Å². The van der Waals surface area contributed by atoms with Crippen LogP contribution in [0.3, 0.4) is 0 Å². The maximum atomic E-state index is 11.7. The molecule has 1 spiro atoms. The Kier molecular flexibility index (Phi) is 5.83. The number of aliphatic carboxylic acids is 1. The Bertz CT molecular complexity index is 599. The van der Waals surface area contributed by atoms with Crippen LogP contribution in [-0.2, 0) is 11.3 Å². The fourth-order valence-electron chi connectivity index (χ4n) is 4.28. The van der Waals surface area contributed by atoms with Crippen LogP contribution in [0.2, 0.25) is 0 Å². The van der Waals surface area contributed by atoms with Crippen LogP contribution >= 0.6 is 12.4 Å². The van der Waals surface area contributed by atoms with E-state index in [1.807, 2.05) is 0 Å². The molecule has 1 heterocycles. The molecule has 6 nitrogen and oxygen atoms in total. The molecule has 1 unspecified atom stereocenters. The smallest absolute Gasteiger partial charge is 0.308 e. The lowest BCUT2D eigenvalue weighted by Crippen LogP contribution is -2.36. The third-order valence-electron chi connectivity index (χ3n) is 5.42. The first-order valence-corrected chi connectivity index (χ1v) is 8.19. The molecule has 1 atom stereocenters. The highest BCUT2D eigenvalue weighted by molar-refractivity contribution is 5.85. The molecule has 0 aromatic heterocycles. The average Bonchev–Trinajstić information content (AvgIpc) is 2.86. The van der Waals surface area contributed by atoms with Crippen molar-refractivity contribution in [3.05, 3.63) is 39.9 Å². The number of carboxylic acid groups (broad SMARTS) is 1. The zero-order chi connectivity index (χ0) is 16.4. The number of halogens is 1. The standard InChI is InChI=1S/C17H22N2O4.ClH/c20-16(21)15-11-18(12-17(15)8-2-1-3-9-17)10-13-4-6-14(7-5-13)19(22)23;/h4-7,15H,1-3,8-12H2,(H,20,21);1H. The third kappa shape index (κ3) is 3.70. The Balaban J connectivity index is 0.00000208. The van der Waals surface area contributed by atoms with Crippen LogP contribution < -0.4 is 0 Å². The van der Waals surface area contributed by atoms with Crippen LogP contribution in [0.25, 0.3) is 0 Å². The van der Waals surface area contributed by atoms with E-state index in [-0.39, 0.29) is 29.4 Å². The number of non-ortho nitro benzene ring substituents is 1. The predicted octanol–water partition coefficient (Wildman–Crippen LogP) is 3.48. The topological polar surface area (TPSA) is 83.7 Å². The molecule has 132 valence electrons. The summed E-state index contributed by atoms with van der Waals surface area (Å²) < 4.78 is 0. The number of nitro groups is 1. The van der Waals surface area contributed by atoms with Gasteiger partial charge in [0.2, 0.25) is 0 Å². The normalized spacial score (nSPS) is 22.9. The van der Waals surface area contributed by atoms with Crippen LogP contribution in [-0.4, -0.2) is 34.0 Å². The van der Waals surface area contributed by atoms with Crippen molar-refractivity contribution < 1.29 is 14.8 Å². The van der Waals surface area contributed by atoms with Gasteiger partial charge in [-0.05, 0) is 23.8 Å². The summed E-state index contributed by atoms with van der Waals surface area (Å²) in [6.45, 7) is 2.05. The minimum atomic E-state index is -0.682. The highest BCUT2D eigenvalue weighted by Crippen LogP contribution is 2.47. The molecular formula is C17H23ClN2O4. The van der Waals surface area contributed by atoms with Gasteiger partial charge in [0.25, 0.3) is 5.69 Å². The van der Waals surface area contributed by atoms with Crippen LogP contribution in [0.1, 0.15) is 37.7 Å². The van der Waals surface area contributed by atoms with E-state index in [4.69, 9.17) is 0 Å². The van der Waals surface area contributed by atoms with Gasteiger partial charge in [0.05, 0.1) is 10.8 Å². The minimum Gasteiger partial charge on any atom is -0.481 e. The molecule has 1 aromatic rings. The second-order valence-corrected chi connectivity index (χ2v) is 6.91. The van der Waals surface area contributed by atoms with Crippen LogP contribution in [0.4, 0.5) is 5.69 Å². The van der Waals surface area contributed by atoms with Crippen LogP contribution in [0.15, 0.2) is 24.3 Å². The van der Waals surface area contributed by atoms with Gasteiger partial charge in [0.15, 0.2) is 0 Å². The lowest BCUT2D eigenvalue weighted by molar-refractivity contribution is -0.384. The summed E-state index contributed by atoms with van der Waals surface area (Å²) in [5.74, 6) is -0.973. The van der Waals surface area contributed by atoms with E-state index in [0.29, 0.717) is 13.1 Å². The summed E-state index contributed by atoms with van der Waals surface area (Å²) in [6, 6.07) is 6.55. The summed E-state index contributed by atoms with van der Waals surface area (Å²) in [7, 11) is 0.